The third-order valence-electron chi connectivity index (χ3n) is 4.47. The summed E-state index contributed by atoms with van der Waals surface area (Å²) in [5.74, 6) is -8.09. The fourth-order valence-electron chi connectivity index (χ4n) is 2.92. The Bertz CT molecular complexity index is 769. The van der Waals surface area contributed by atoms with Crippen molar-refractivity contribution in [2.24, 2.45) is 11.7 Å². The number of nitrogens with two attached hydrogens (primary N) is 1. The smallest absolute Gasteiger partial charge is 0.329 e. The van der Waals surface area contributed by atoms with Crippen LogP contribution in [0.3, 0.4) is 0 Å². The maximum Gasteiger partial charge on any atom is 0.329 e. The quantitative estimate of drug-likeness (QED) is 0.495. The molecule has 0 aliphatic carbocycles. The highest BCUT2D eigenvalue weighted by Crippen LogP contribution is 2.23. The molecule has 7 nitrogen and oxygen atoms in total. The summed E-state index contributed by atoms with van der Waals surface area (Å²) < 4.78 is 29.1. The number of benzene rings is 1. The van der Waals surface area contributed by atoms with E-state index in [1.165, 1.54) is 6.92 Å². The summed E-state index contributed by atoms with van der Waals surface area (Å²) in [4.78, 5) is 48.2. The highest BCUT2D eigenvalue weighted by molar-refractivity contribution is 6.00. The van der Waals surface area contributed by atoms with Gasteiger partial charge in [0, 0.05) is 6.92 Å². The molecule has 1 aromatic rings. The third kappa shape index (κ3) is 7.29. The van der Waals surface area contributed by atoms with Crippen LogP contribution < -0.4 is 16.4 Å². The molecule has 1 aromatic carbocycles. The van der Waals surface area contributed by atoms with E-state index in [4.69, 9.17) is 5.73 Å². The lowest BCUT2D eigenvalue weighted by molar-refractivity contribution is -0.153. The summed E-state index contributed by atoms with van der Waals surface area (Å²) in [6.45, 7) is 5.75. The van der Waals surface area contributed by atoms with Crippen LogP contribution in [0, 0.1) is 5.92 Å². The fourth-order valence-corrected chi connectivity index (χ4v) is 2.92. The van der Waals surface area contributed by atoms with Crippen LogP contribution >= 0.6 is 0 Å². The van der Waals surface area contributed by atoms with Crippen molar-refractivity contribution in [1.29, 1.82) is 0 Å². The van der Waals surface area contributed by atoms with E-state index in [0.29, 0.717) is 5.56 Å². The molecule has 3 atom stereocenters. The van der Waals surface area contributed by atoms with Crippen LogP contribution in [0.5, 0.6) is 0 Å². The van der Waals surface area contributed by atoms with Gasteiger partial charge in [-0.2, -0.15) is 8.78 Å². The van der Waals surface area contributed by atoms with Gasteiger partial charge in [-0.1, -0.05) is 44.2 Å². The van der Waals surface area contributed by atoms with Crippen molar-refractivity contribution in [3.05, 3.63) is 35.9 Å². The van der Waals surface area contributed by atoms with Crippen molar-refractivity contribution in [1.82, 2.24) is 10.6 Å². The lowest BCUT2D eigenvalue weighted by Gasteiger charge is -2.28. The molecule has 0 heterocycles. The molecule has 2 amide bonds. The molecule has 30 heavy (non-hydrogen) atoms. The molecule has 0 radical (unpaired) electrons. The van der Waals surface area contributed by atoms with Crippen molar-refractivity contribution < 1.29 is 28.0 Å². The molecular weight excluding hydrogens is 396 g/mol. The van der Waals surface area contributed by atoms with E-state index in [2.05, 4.69) is 10.6 Å². The first-order valence-corrected chi connectivity index (χ1v) is 9.65. The van der Waals surface area contributed by atoms with Crippen molar-refractivity contribution in [3.63, 3.8) is 0 Å². The Kier molecular flexibility index (Phi) is 9.22. The van der Waals surface area contributed by atoms with Gasteiger partial charge in [0.1, 0.15) is 12.1 Å². The van der Waals surface area contributed by atoms with Crippen molar-refractivity contribution in [2.45, 2.75) is 64.6 Å². The van der Waals surface area contributed by atoms with Gasteiger partial charge in [-0.05, 0) is 31.2 Å². The van der Waals surface area contributed by atoms with E-state index in [1.807, 2.05) is 13.8 Å². The largest absolute Gasteiger partial charge is 0.345 e. The molecule has 0 aromatic heterocycles. The number of rotatable bonds is 11. The maximum absolute atomic E-state index is 14.6. The summed E-state index contributed by atoms with van der Waals surface area (Å²) in [6, 6.07) is 3.33. The summed E-state index contributed by atoms with van der Waals surface area (Å²) in [6.07, 6.45) is 0.0289. The molecule has 4 N–H and O–H groups in total. The highest BCUT2D eigenvalue weighted by Gasteiger charge is 2.50. The summed E-state index contributed by atoms with van der Waals surface area (Å²) in [7, 11) is 0. The molecule has 1 rings (SSSR count). The zero-order chi connectivity index (χ0) is 23.1. The van der Waals surface area contributed by atoms with Crippen molar-refractivity contribution in [2.75, 3.05) is 0 Å². The second kappa shape index (κ2) is 10.9. The van der Waals surface area contributed by atoms with Crippen LogP contribution in [-0.2, 0) is 25.6 Å². The van der Waals surface area contributed by atoms with Crippen LogP contribution in [0.4, 0.5) is 8.78 Å². The van der Waals surface area contributed by atoms with Gasteiger partial charge < -0.3 is 16.4 Å². The van der Waals surface area contributed by atoms with Crippen molar-refractivity contribution >= 4 is 23.4 Å². The van der Waals surface area contributed by atoms with Gasteiger partial charge in [-0.3, -0.25) is 19.2 Å². The Morgan fingerprint density at radius 3 is 2.03 bits per heavy atom. The van der Waals surface area contributed by atoms with Gasteiger partial charge in [-0.15, -0.1) is 0 Å². The lowest BCUT2D eigenvalue weighted by Crippen LogP contribution is -2.60. The molecule has 0 aliphatic heterocycles. The molecule has 9 heteroatoms. The summed E-state index contributed by atoms with van der Waals surface area (Å²) >= 11 is 0. The van der Waals surface area contributed by atoms with E-state index in [-0.39, 0.29) is 18.8 Å². The standard InChI is InChI=1S/C21H29F2N3O4/c1-12(2)10-17(25-14(4)28)20(30)26-16(11-15-8-6-5-7-9-15)19(29)21(22,23)18(24)13(3)27/h5-9,12,16-18H,10-11,24H2,1-4H3,(H,25,28)(H,26,30)/t16?,17-,18?/m0/s1. The normalized spacial score (nSPS) is 14.5. The zero-order valence-corrected chi connectivity index (χ0v) is 17.6. The number of nitrogens with one attached hydrogen (secondary N) is 2. The molecule has 0 fully saturated rings. The first kappa shape index (κ1) is 25.4. The van der Waals surface area contributed by atoms with Gasteiger partial charge in [0.05, 0.1) is 6.04 Å². The van der Waals surface area contributed by atoms with E-state index in [1.54, 1.807) is 30.3 Å². The molecular formula is C21H29F2N3O4. The number of hydrogen-bond acceptors (Lipinski definition) is 5. The molecule has 0 saturated carbocycles. The fraction of sp³-hybridized carbons (Fsp3) is 0.524. The lowest BCUT2D eigenvalue weighted by atomic mass is 9.93. The van der Waals surface area contributed by atoms with Crippen LogP contribution in [0.1, 0.15) is 39.7 Å². The molecule has 166 valence electrons. The predicted molar refractivity (Wildman–Crippen MR) is 108 cm³/mol. The van der Waals surface area contributed by atoms with Crippen LogP contribution in [0.25, 0.3) is 0 Å². The Labute approximate surface area is 174 Å². The number of alkyl halides is 2. The molecule has 0 aliphatic rings. The maximum atomic E-state index is 14.6. The van der Waals surface area contributed by atoms with Crippen LogP contribution in [-0.4, -0.2) is 47.4 Å². The molecule has 2 unspecified atom stereocenters. The number of ketones is 2. The summed E-state index contributed by atoms with van der Waals surface area (Å²) in [5, 5.41) is 4.80. The average Bonchev–Trinajstić information content (AvgIpc) is 2.65. The van der Waals surface area contributed by atoms with Gasteiger partial charge in [-0.25, -0.2) is 0 Å². The Morgan fingerprint density at radius 1 is 1.00 bits per heavy atom. The Balaban J connectivity index is 3.19. The predicted octanol–water partition coefficient (Wildman–Crippen LogP) is 1.39. The van der Waals surface area contributed by atoms with Gasteiger partial charge in [0.2, 0.25) is 17.6 Å². The topological polar surface area (TPSA) is 118 Å². The summed E-state index contributed by atoms with van der Waals surface area (Å²) in [5.41, 5.74) is 5.79. The van der Waals surface area contributed by atoms with Gasteiger partial charge in [0.15, 0.2) is 5.78 Å². The van der Waals surface area contributed by atoms with E-state index in [0.717, 1.165) is 6.92 Å². The molecule has 0 bridgehead atoms. The van der Waals surface area contributed by atoms with Gasteiger partial charge in [0.25, 0.3) is 0 Å². The number of halogens is 2. The number of carbonyl (C=O) groups is 4. The van der Waals surface area contributed by atoms with E-state index < -0.39 is 47.4 Å². The SMILES string of the molecule is CC(=O)N[C@@H](CC(C)C)C(=O)NC(Cc1ccccc1)C(=O)C(F)(F)C(N)C(C)=O. The number of Topliss-reactive ketones (excluding diaryl/α,β-unsaturated/α-hetero) is 2. The molecule has 0 spiro atoms. The minimum absolute atomic E-state index is 0.0171. The van der Waals surface area contributed by atoms with E-state index in [9.17, 15) is 28.0 Å². The highest BCUT2D eigenvalue weighted by atomic mass is 19.3. The zero-order valence-electron chi connectivity index (χ0n) is 17.6. The van der Waals surface area contributed by atoms with Crippen molar-refractivity contribution in [3.8, 4) is 0 Å². The van der Waals surface area contributed by atoms with Gasteiger partial charge >= 0.3 is 5.92 Å². The first-order chi connectivity index (χ1) is 13.9. The van der Waals surface area contributed by atoms with Crippen LogP contribution in [0.2, 0.25) is 0 Å². The number of carbonyl (C=O) groups excluding carboxylic acids is 4. The Morgan fingerprint density at radius 2 is 1.57 bits per heavy atom. The second-order valence-electron chi connectivity index (χ2n) is 7.71. The minimum Gasteiger partial charge on any atom is -0.345 e. The third-order valence-corrected chi connectivity index (χ3v) is 4.47. The molecule has 0 saturated heterocycles. The average molecular weight is 425 g/mol. The second-order valence-corrected chi connectivity index (χ2v) is 7.71. The first-order valence-electron chi connectivity index (χ1n) is 9.65. The minimum atomic E-state index is -4.17. The number of hydrogen-bond donors (Lipinski definition) is 3. The van der Waals surface area contributed by atoms with E-state index >= 15 is 0 Å². The number of amides is 2. The monoisotopic (exact) mass is 425 g/mol. The van der Waals surface area contributed by atoms with Crippen LogP contribution in [0.15, 0.2) is 30.3 Å². The Hall–Kier alpha value is -2.68.